The van der Waals surface area contributed by atoms with Crippen LogP contribution in [0, 0.1) is 17.8 Å². The molecule has 44 heavy (non-hydrogen) atoms. The number of halogens is 2. The van der Waals surface area contributed by atoms with Gasteiger partial charge in [-0.25, -0.2) is 0 Å². The van der Waals surface area contributed by atoms with E-state index in [-0.39, 0.29) is 41.8 Å². The zero-order valence-electron chi connectivity index (χ0n) is 25.4. The number of aliphatic carboxylic acids is 1. The van der Waals surface area contributed by atoms with Gasteiger partial charge >= 0.3 is 0 Å². The van der Waals surface area contributed by atoms with Crippen molar-refractivity contribution < 1.29 is 29.0 Å². The van der Waals surface area contributed by atoms with Crippen molar-refractivity contribution in [3.05, 3.63) is 80.1 Å². The Morgan fingerprint density at radius 1 is 0.909 bits per heavy atom. The Labute approximate surface area is 267 Å². The number of amides is 1. The third-order valence-electron chi connectivity index (χ3n) is 8.41. The molecule has 2 aromatic carbocycles. The summed E-state index contributed by atoms with van der Waals surface area (Å²) in [5.41, 5.74) is 3.36. The normalized spacial score (nSPS) is 19.5. The van der Waals surface area contributed by atoms with Crippen LogP contribution in [0.4, 0.5) is 5.69 Å². The Balaban J connectivity index is 1.50. The third-order valence-corrected chi connectivity index (χ3v) is 9.12. The van der Waals surface area contributed by atoms with Gasteiger partial charge in [-0.05, 0) is 66.0 Å². The van der Waals surface area contributed by atoms with Gasteiger partial charge in [0.2, 0.25) is 0 Å². The van der Waals surface area contributed by atoms with Gasteiger partial charge in [0.05, 0.1) is 17.5 Å². The first-order valence-electron chi connectivity index (χ1n) is 14.5. The quantitative estimate of drug-likeness (QED) is 0.411. The molecule has 0 radical (unpaired) electrons. The first-order chi connectivity index (χ1) is 20.5. The number of carbonyl (C=O) groups is 4. The Morgan fingerprint density at radius 3 is 2.02 bits per heavy atom. The van der Waals surface area contributed by atoms with Gasteiger partial charge in [0.1, 0.15) is 5.75 Å². The number of carboxylic acids is 1. The van der Waals surface area contributed by atoms with Crippen molar-refractivity contribution in [2.45, 2.75) is 66.2 Å². The summed E-state index contributed by atoms with van der Waals surface area (Å²) in [4.78, 5) is 53.7. The minimum absolute atomic E-state index is 0.127. The molecule has 1 heterocycles. The molecule has 5 rings (SSSR count). The summed E-state index contributed by atoms with van der Waals surface area (Å²) < 4.78 is 5.72. The van der Waals surface area contributed by atoms with Crippen molar-refractivity contribution >= 4 is 52.3 Å². The highest BCUT2D eigenvalue weighted by Crippen LogP contribution is 2.54. The van der Waals surface area contributed by atoms with Crippen molar-refractivity contribution in [3.8, 4) is 5.75 Å². The zero-order valence-corrected chi connectivity index (χ0v) is 26.9. The highest BCUT2D eigenvalue weighted by Gasteiger charge is 2.49. The number of aryl methyl sites for hydroxylation is 1. The predicted molar refractivity (Wildman–Crippen MR) is 166 cm³/mol. The number of carboxylic acid groups (broad SMARTS) is 1. The van der Waals surface area contributed by atoms with Crippen LogP contribution in [0.1, 0.15) is 70.4 Å². The van der Waals surface area contributed by atoms with E-state index in [1.165, 1.54) is 0 Å². The van der Waals surface area contributed by atoms with Gasteiger partial charge in [-0.15, -0.1) is 0 Å². The smallest absolute Gasteiger partial charge is 0.262 e. The van der Waals surface area contributed by atoms with E-state index in [2.05, 4.69) is 5.32 Å². The molecule has 1 N–H and O–H groups in total. The van der Waals surface area contributed by atoms with Crippen LogP contribution in [0.2, 0.25) is 10.0 Å². The van der Waals surface area contributed by atoms with E-state index in [1.54, 1.807) is 41.3 Å². The molecule has 0 saturated carbocycles. The van der Waals surface area contributed by atoms with E-state index in [1.807, 2.05) is 34.6 Å². The van der Waals surface area contributed by atoms with Crippen LogP contribution in [0.15, 0.2) is 58.9 Å². The second-order valence-corrected chi connectivity index (χ2v) is 14.3. The topological polar surface area (TPSA) is 116 Å². The molecule has 0 spiro atoms. The second kappa shape index (κ2) is 11.7. The van der Waals surface area contributed by atoms with Gasteiger partial charge in [-0.2, -0.15) is 0 Å². The van der Waals surface area contributed by atoms with Gasteiger partial charge < -0.3 is 24.9 Å². The fraction of sp³-hybridized carbons (Fsp3) is 0.412. The third kappa shape index (κ3) is 6.42. The number of ketones is 2. The van der Waals surface area contributed by atoms with Gasteiger partial charge in [0, 0.05) is 52.0 Å². The molecule has 0 aromatic heterocycles. The molecule has 232 valence electrons. The highest BCUT2D eigenvalue weighted by molar-refractivity contribution is 6.32. The number of Topliss-reactive ketones (excluding diaryl/α,β-unsaturated/α-hetero) is 2. The molecule has 0 atom stereocenters. The monoisotopic (exact) mass is 637 g/mol. The molecular formula is C34H35Cl2N2O6-. The van der Waals surface area contributed by atoms with E-state index in [4.69, 9.17) is 27.9 Å². The summed E-state index contributed by atoms with van der Waals surface area (Å²) in [6, 6.07) is 10.2. The molecule has 1 aliphatic heterocycles. The summed E-state index contributed by atoms with van der Waals surface area (Å²) in [5.74, 6) is -2.38. The Morgan fingerprint density at radius 2 is 1.50 bits per heavy atom. The number of nitrogens with zero attached hydrogens (tertiary/aromatic N) is 1. The summed E-state index contributed by atoms with van der Waals surface area (Å²) in [6.07, 6.45) is 1.47. The van der Waals surface area contributed by atoms with Crippen LogP contribution in [0.5, 0.6) is 5.75 Å². The van der Waals surface area contributed by atoms with Crippen LogP contribution in [-0.2, 0) is 19.2 Å². The zero-order chi connectivity index (χ0) is 32.1. The lowest BCUT2D eigenvalue weighted by Gasteiger charge is -2.49. The maximum Gasteiger partial charge on any atom is 0.262 e. The molecule has 0 saturated heterocycles. The molecule has 10 heteroatoms. The maximum atomic E-state index is 13.8. The summed E-state index contributed by atoms with van der Waals surface area (Å²) in [6.45, 7) is 9.03. The maximum absolute atomic E-state index is 13.8. The number of carbonyl (C=O) groups excluding carboxylic acids is 4. The van der Waals surface area contributed by atoms with Crippen molar-refractivity contribution in [1.82, 2.24) is 4.90 Å². The lowest BCUT2D eigenvalue weighted by molar-refractivity contribution is -0.305. The predicted octanol–water partition coefficient (Wildman–Crippen LogP) is 5.75. The van der Waals surface area contributed by atoms with E-state index in [0.29, 0.717) is 51.7 Å². The van der Waals surface area contributed by atoms with E-state index >= 15 is 0 Å². The minimum Gasteiger partial charge on any atom is -0.548 e. The van der Waals surface area contributed by atoms with Gasteiger partial charge in [-0.1, -0.05) is 63.0 Å². The summed E-state index contributed by atoms with van der Waals surface area (Å²) in [5, 5.41) is 15.4. The lowest BCUT2D eigenvalue weighted by atomic mass is 9.63. The molecule has 2 aliphatic carbocycles. The highest BCUT2D eigenvalue weighted by atomic mass is 35.5. The van der Waals surface area contributed by atoms with Crippen LogP contribution < -0.4 is 15.2 Å². The Bertz CT molecular complexity index is 1600. The Kier molecular flexibility index (Phi) is 8.46. The first-order valence-corrected chi connectivity index (χ1v) is 15.3. The van der Waals surface area contributed by atoms with Crippen molar-refractivity contribution in [2.24, 2.45) is 10.8 Å². The minimum atomic E-state index is -1.28. The fourth-order valence-corrected chi connectivity index (χ4v) is 6.95. The van der Waals surface area contributed by atoms with Crippen molar-refractivity contribution in [3.63, 3.8) is 0 Å². The number of ether oxygens (including phenoxy) is 1. The number of nitrogens with one attached hydrogen (secondary N) is 1. The summed E-state index contributed by atoms with van der Waals surface area (Å²) >= 11 is 12.8. The SMILES string of the molecule is Cc1ccc(NC(=O)COc2ccc(C3C4=C(CC(C)(C)CC4=O)N(CC(=O)[O-])C4=C3C(=O)CC(C)(C)C4)cc2Cl)cc1Cl. The van der Waals surface area contributed by atoms with Crippen LogP contribution in [0.25, 0.3) is 0 Å². The van der Waals surface area contributed by atoms with Crippen molar-refractivity contribution in [2.75, 3.05) is 18.5 Å². The molecule has 2 aromatic rings. The second-order valence-electron chi connectivity index (χ2n) is 13.5. The van der Waals surface area contributed by atoms with E-state index in [0.717, 1.165) is 5.56 Å². The largest absolute Gasteiger partial charge is 0.548 e. The molecule has 0 bridgehead atoms. The van der Waals surface area contributed by atoms with Crippen LogP contribution >= 0.6 is 23.2 Å². The number of rotatable bonds is 7. The van der Waals surface area contributed by atoms with E-state index < -0.39 is 35.2 Å². The number of anilines is 1. The average Bonchev–Trinajstić information content (AvgIpc) is 2.89. The lowest BCUT2D eigenvalue weighted by Crippen LogP contribution is -2.47. The molecule has 3 aliphatic rings. The number of allylic oxidation sites excluding steroid dienone is 4. The number of benzene rings is 2. The first kappa shape index (κ1) is 31.8. The standard InChI is InChI=1S/C34H36Cl2N2O6/c1-18-6-8-20(11-21(18)35)37-28(41)17-44-27-9-7-19(10-22(27)36)30-31-23(12-33(2,3)14-25(31)39)38(16-29(42)43)24-13-34(4,5)15-26(40)32(24)30/h6-11,30H,12-17H2,1-5H3,(H,37,41)(H,42,43)/p-1. The van der Waals surface area contributed by atoms with Gasteiger partial charge in [-0.3, -0.25) is 14.4 Å². The Hall–Kier alpha value is -3.62. The molecule has 8 nitrogen and oxygen atoms in total. The average molecular weight is 639 g/mol. The fourth-order valence-electron chi connectivity index (χ4n) is 6.53. The molecular weight excluding hydrogens is 603 g/mol. The molecule has 1 amide bonds. The molecule has 0 unspecified atom stereocenters. The number of hydrogen-bond acceptors (Lipinski definition) is 7. The van der Waals surface area contributed by atoms with E-state index in [9.17, 15) is 24.3 Å². The summed E-state index contributed by atoms with van der Waals surface area (Å²) in [7, 11) is 0. The van der Waals surface area contributed by atoms with Gasteiger partial charge in [0.15, 0.2) is 18.2 Å². The van der Waals surface area contributed by atoms with Gasteiger partial charge in [0.25, 0.3) is 5.91 Å². The van der Waals surface area contributed by atoms with Crippen LogP contribution in [-0.4, -0.2) is 41.5 Å². The molecule has 0 fully saturated rings. The van der Waals surface area contributed by atoms with Crippen LogP contribution in [0.3, 0.4) is 0 Å². The van der Waals surface area contributed by atoms with Crippen molar-refractivity contribution in [1.29, 1.82) is 0 Å². The number of hydrogen-bond donors (Lipinski definition) is 1.